The fourth-order valence-electron chi connectivity index (χ4n) is 1.51. The Hall–Kier alpha value is -2.19. The van der Waals surface area contributed by atoms with Crippen LogP contribution in [0, 0.1) is 11.3 Å². The minimum atomic E-state index is -0.260. The molecule has 5 heteroatoms. The van der Waals surface area contributed by atoms with E-state index in [1.54, 1.807) is 6.07 Å². The van der Waals surface area contributed by atoms with Crippen LogP contribution in [0.25, 0.3) is 0 Å². The van der Waals surface area contributed by atoms with Crippen LogP contribution in [-0.2, 0) is 6.54 Å². The molecule has 0 atom stereocenters. The van der Waals surface area contributed by atoms with E-state index < -0.39 is 0 Å². The molecule has 19 heavy (non-hydrogen) atoms. The summed E-state index contributed by atoms with van der Waals surface area (Å²) in [5.41, 5.74) is 1.73. The maximum atomic E-state index is 11.8. The highest BCUT2D eigenvalue weighted by Gasteiger charge is 2.06. The lowest BCUT2D eigenvalue weighted by Gasteiger charge is -2.05. The van der Waals surface area contributed by atoms with Gasteiger partial charge in [-0.05, 0) is 29.8 Å². The number of hydrogen-bond acceptors (Lipinski definition) is 3. The zero-order valence-electron chi connectivity index (χ0n) is 9.93. The van der Waals surface area contributed by atoms with Crippen LogP contribution in [0.4, 0.5) is 0 Å². The third-order valence-electron chi connectivity index (χ3n) is 2.47. The molecule has 0 unspecified atom stereocenters. The Labute approximate surface area is 119 Å². The molecule has 2 rings (SSSR count). The van der Waals surface area contributed by atoms with Gasteiger partial charge in [-0.25, -0.2) is 4.98 Å². The summed E-state index contributed by atoms with van der Waals surface area (Å²) >= 11 is 3.37. The monoisotopic (exact) mass is 315 g/mol. The predicted octanol–water partition coefficient (Wildman–Crippen LogP) is 2.65. The normalized spacial score (nSPS) is 9.68. The molecule has 0 radical (unpaired) electrons. The highest BCUT2D eigenvalue weighted by molar-refractivity contribution is 9.10. The summed E-state index contributed by atoms with van der Waals surface area (Å²) in [6, 6.07) is 12.8. The van der Waals surface area contributed by atoms with E-state index in [4.69, 9.17) is 5.26 Å². The Morgan fingerprint density at radius 3 is 2.84 bits per heavy atom. The van der Waals surface area contributed by atoms with Gasteiger partial charge in [0.1, 0.15) is 11.8 Å². The van der Waals surface area contributed by atoms with Crippen molar-refractivity contribution in [2.75, 3.05) is 0 Å². The maximum absolute atomic E-state index is 11.8. The van der Waals surface area contributed by atoms with Crippen LogP contribution in [-0.4, -0.2) is 10.9 Å². The van der Waals surface area contributed by atoms with E-state index in [1.165, 1.54) is 12.3 Å². The standard InChI is InChI=1S/C14H10BrN3O/c15-12-3-1-2-10(6-12)8-18-14(19)13-5-4-11(7-16)9-17-13/h1-6,9H,8H2,(H,18,19). The van der Waals surface area contributed by atoms with Gasteiger partial charge in [-0.2, -0.15) is 5.26 Å². The van der Waals surface area contributed by atoms with Crippen LogP contribution in [0.15, 0.2) is 47.1 Å². The van der Waals surface area contributed by atoms with E-state index in [2.05, 4.69) is 26.2 Å². The van der Waals surface area contributed by atoms with Crippen molar-refractivity contribution in [1.29, 1.82) is 5.26 Å². The van der Waals surface area contributed by atoms with Crippen molar-refractivity contribution in [3.63, 3.8) is 0 Å². The quantitative estimate of drug-likeness (QED) is 0.946. The third kappa shape index (κ3) is 3.63. The van der Waals surface area contributed by atoms with Crippen molar-refractivity contribution in [3.8, 4) is 6.07 Å². The molecule has 1 amide bonds. The molecule has 1 aromatic carbocycles. The van der Waals surface area contributed by atoms with Gasteiger partial charge in [0, 0.05) is 17.2 Å². The predicted molar refractivity (Wildman–Crippen MR) is 74.3 cm³/mol. The van der Waals surface area contributed by atoms with Crippen LogP contribution < -0.4 is 5.32 Å². The minimum Gasteiger partial charge on any atom is -0.347 e. The van der Waals surface area contributed by atoms with Gasteiger partial charge < -0.3 is 5.32 Å². The van der Waals surface area contributed by atoms with Gasteiger partial charge in [0.15, 0.2) is 0 Å². The van der Waals surface area contributed by atoms with Gasteiger partial charge in [0.05, 0.1) is 5.56 Å². The molecule has 0 spiro atoms. The Balaban J connectivity index is 1.99. The molecular formula is C14H10BrN3O. The summed E-state index contributed by atoms with van der Waals surface area (Å²) in [6.45, 7) is 0.431. The fraction of sp³-hybridized carbons (Fsp3) is 0.0714. The lowest BCUT2D eigenvalue weighted by Crippen LogP contribution is -2.23. The third-order valence-corrected chi connectivity index (χ3v) is 2.96. The first-order valence-electron chi connectivity index (χ1n) is 5.58. The van der Waals surface area contributed by atoms with Crippen LogP contribution in [0.2, 0.25) is 0 Å². The van der Waals surface area contributed by atoms with Crippen molar-refractivity contribution >= 4 is 21.8 Å². The zero-order chi connectivity index (χ0) is 13.7. The van der Waals surface area contributed by atoms with E-state index in [-0.39, 0.29) is 5.91 Å². The summed E-state index contributed by atoms with van der Waals surface area (Å²) in [4.78, 5) is 15.8. The average Bonchev–Trinajstić information content (AvgIpc) is 2.45. The molecule has 0 saturated carbocycles. The number of benzene rings is 1. The molecule has 0 saturated heterocycles. The topological polar surface area (TPSA) is 65.8 Å². The van der Waals surface area contributed by atoms with Crippen molar-refractivity contribution in [2.45, 2.75) is 6.54 Å². The highest BCUT2D eigenvalue weighted by atomic mass is 79.9. The summed E-state index contributed by atoms with van der Waals surface area (Å²) in [7, 11) is 0. The number of pyridine rings is 1. The van der Waals surface area contributed by atoms with E-state index in [0.29, 0.717) is 17.8 Å². The number of nitrogens with one attached hydrogen (secondary N) is 1. The number of nitriles is 1. The number of carbonyl (C=O) groups excluding carboxylic acids is 1. The number of amides is 1. The van der Waals surface area contributed by atoms with Gasteiger partial charge in [-0.15, -0.1) is 0 Å². The first-order chi connectivity index (χ1) is 9.19. The van der Waals surface area contributed by atoms with Gasteiger partial charge in [0.25, 0.3) is 5.91 Å². The summed E-state index contributed by atoms with van der Waals surface area (Å²) in [5, 5.41) is 11.4. The van der Waals surface area contributed by atoms with Gasteiger partial charge in [0.2, 0.25) is 0 Å². The number of carbonyl (C=O) groups is 1. The van der Waals surface area contributed by atoms with E-state index in [0.717, 1.165) is 10.0 Å². The molecule has 2 aromatic rings. The second kappa shape index (κ2) is 6.12. The van der Waals surface area contributed by atoms with Gasteiger partial charge in [-0.1, -0.05) is 28.1 Å². The lowest BCUT2D eigenvalue weighted by atomic mass is 10.2. The van der Waals surface area contributed by atoms with E-state index in [9.17, 15) is 4.79 Å². The summed E-state index contributed by atoms with van der Waals surface area (Å²) in [6.07, 6.45) is 1.38. The molecule has 4 nitrogen and oxygen atoms in total. The Kier molecular flexibility index (Phi) is 4.26. The first kappa shape index (κ1) is 13.2. The Morgan fingerprint density at radius 2 is 2.21 bits per heavy atom. The second-order valence-corrected chi connectivity index (χ2v) is 4.77. The van der Waals surface area contributed by atoms with Gasteiger partial charge in [-0.3, -0.25) is 4.79 Å². The van der Waals surface area contributed by atoms with Crippen LogP contribution in [0.3, 0.4) is 0 Å². The SMILES string of the molecule is N#Cc1ccc(C(=O)NCc2cccc(Br)c2)nc1. The van der Waals surface area contributed by atoms with Crippen molar-refractivity contribution in [1.82, 2.24) is 10.3 Å². The smallest absolute Gasteiger partial charge is 0.270 e. The van der Waals surface area contributed by atoms with E-state index in [1.807, 2.05) is 30.3 Å². The van der Waals surface area contributed by atoms with E-state index >= 15 is 0 Å². The van der Waals surface area contributed by atoms with Crippen molar-refractivity contribution in [3.05, 3.63) is 63.9 Å². The number of aromatic nitrogens is 1. The fourth-order valence-corrected chi connectivity index (χ4v) is 1.96. The molecule has 1 aromatic heterocycles. The molecule has 1 N–H and O–H groups in total. The number of hydrogen-bond donors (Lipinski definition) is 1. The Morgan fingerprint density at radius 1 is 1.37 bits per heavy atom. The Bertz CT molecular complexity index is 632. The van der Waals surface area contributed by atoms with Gasteiger partial charge >= 0.3 is 0 Å². The zero-order valence-corrected chi connectivity index (χ0v) is 11.5. The molecule has 94 valence electrons. The number of rotatable bonds is 3. The summed E-state index contributed by atoms with van der Waals surface area (Å²) in [5.74, 6) is -0.260. The molecule has 0 aliphatic carbocycles. The summed E-state index contributed by atoms with van der Waals surface area (Å²) < 4.78 is 0.968. The average molecular weight is 316 g/mol. The lowest BCUT2D eigenvalue weighted by molar-refractivity contribution is 0.0946. The molecule has 0 fully saturated rings. The second-order valence-electron chi connectivity index (χ2n) is 3.86. The molecule has 1 heterocycles. The largest absolute Gasteiger partial charge is 0.347 e. The molecular weight excluding hydrogens is 306 g/mol. The van der Waals surface area contributed by atoms with Crippen LogP contribution in [0.1, 0.15) is 21.6 Å². The molecule has 0 aliphatic rings. The molecule has 0 bridgehead atoms. The first-order valence-corrected chi connectivity index (χ1v) is 6.37. The van der Waals surface area contributed by atoms with Crippen molar-refractivity contribution in [2.24, 2.45) is 0 Å². The number of nitrogens with zero attached hydrogens (tertiary/aromatic N) is 2. The van der Waals surface area contributed by atoms with Crippen LogP contribution >= 0.6 is 15.9 Å². The highest BCUT2D eigenvalue weighted by Crippen LogP contribution is 2.11. The minimum absolute atomic E-state index is 0.260. The van der Waals surface area contributed by atoms with Crippen LogP contribution in [0.5, 0.6) is 0 Å². The maximum Gasteiger partial charge on any atom is 0.270 e. The number of halogens is 1. The molecule has 0 aliphatic heterocycles. The van der Waals surface area contributed by atoms with Crippen molar-refractivity contribution < 1.29 is 4.79 Å².